The van der Waals surface area contributed by atoms with E-state index in [0.29, 0.717) is 34.9 Å². The predicted octanol–water partition coefficient (Wildman–Crippen LogP) is 11.9. The molecule has 4 aliphatic rings. The van der Waals surface area contributed by atoms with Crippen molar-refractivity contribution in [2.24, 2.45) is 5.92 Å². The molecule has 0 spiro atoms. The molecule has 294 valence electrons. The summed E-state index contributed by atoms with van der Waals surface area (Å²) < 4.78 is 137. The van der Waals surface area contributed by atoms with Gasteiger partial charge in [-0.25, -0.2) is 9.18 Å². The molecule has 4 atom stereocenters. The molecule has 1 amide bonds. The molecule has 2 aliphatic heterocycles. The topological polar surface area (TPSA) is 38.8 Å². The number of methoxy groups -OCH3 is 1. The van der Waals surface area contributed by atoms with Crippen LogP contribution in [0.5, 0.6) is 0 Å². The molecule has 0 saturated carbocycles. The van der Waals surface area contributed by atoms with Gasteiger partial charge in [0.2, 0.25) is 0 Å². The smallest absolute Gasteiger partial charge is 0.416 e. The predicted molar refractivity (Wildman–Crippen MR) is 186 cm³/mol. The van der Waals surface area contributed by atoms with E-state index in [1.165, 1.54) is 32.3 Å². The largest absolute Gasteiger partial charge is 0.444 e. The second-order valence-electron chi connectivity index (χ2n) is 12.1. The Bertz CT molecular complexity index is 1560. The summed E-state index contributed by atoms with van der Waals surface area (Å²) in [5, 5.41) is 0. The van der Waals surface area contributed by atoms with Crippen LogP contribution < -0.4 is 0 Å². The average Bonchev–Trinajstić information content (AvgIpc) is 3.55. The fourth-order valence-corrected chi connectivity index (χ4v) is 5.68. The minimum absolute atomic E-state index is 0.00873. The maximum Gasteiger partial charge on any atom is 0.416 e. The Morgan fingerprint density at radius 2 is 1.68 bits per heavy atom. The van der Waals surface area contributed by atoms with E-state index < -0.39 is 41.4 Å². The standard InChI is InChI=1S/C21H24F4O.C9H8F6.C7H11NO2.C2H2/c1-5-13(2)16-12-17(20(26-4)10-9-19(16)22)15-7-6-8-18(14(3)11-15)21(23,24)25;1-3-6(8(10,11)12)5-7(4-2)9(13,14)15;1-5-6-3-2-4-8(6)7(9)10-5;1-2/h7-13,20H,5-6H2,1-4H3;3-5H,1H2,2H3;5-6H,2-4H2,1H3;1-2H/b;6-5+,7-4+;;/t;;5-,6?;/m..1./s1. The average molecular weight is 766 g/mol. The fourth-order valence-electron chi connectivity index (χ4n) is 5.68. The number of halogens is 10. The number of alkyl halides is 9. The molecule has 0 aromatic carbocycles. The Balaban J connectivity index is 0.000000436. The van der Waals surface area contributed by atoms with Crippen molar-refractivity contribution in [3.8, 4) is 12.8 Å². The Morgan fingerprint density at radius 1 is 1.08 bits per heavy atom. The summed E-state index contributed by atoms with van der Waals surface area (Å²) in [6.07, 6.45) is 6.68. The molecule has 0 aromatic rings. The van der Waals surface area contributed by atoms with Gasteiger partial charge in [-0.15, -0.1) is 12.8 Å². The number of fused-ring (bicyclic) bond motifs is 1. The van der Waals surface area contributed by atoms with Crippen LogP contribution in [0.1, 0.15) is 60.3 Å². The Kier molecular flexibility index (Phi) is 17.9. The molecule has 2 aliphatic carbocycles. The molecule has 0 radical (unpaired) electrons. The highest BCUT2D eigenvalue weighted by Gasteiger charge is 2.42. The van der Waals surface area contributed by atoms with Gasteiger partial charge in [-0.3, -0.25) is 0 Å². The monoisotopic (exact) mass is 765 g/mol. The molecule has 0 N–H and O–H groups in total. The van der Waals surface area contributed by atoms with Crippen LogP contribution in [0.2, 0.25) is 0 Å². The third-order valence-corrected chi connectivity index (χ3v) is 8.66. The van der Waals surface area contributed by atoms with Crippen molar-refractivity contribution >= 4 is 6.09 Å². The number of rotatable bonds is 6. The molecule has 4 nitrogen and oxygen atoms in total. The van der Waals surface area contributed by atoms with Crippen LogP contribution >= 0.6 is 0 Å². The number of hydrogen-bond acceptors (Lipinski definition) is 3. The Morgan fingerprint density at radius 3 is 2.15 bits per heavy atom. The number of cyclic esters (lactones) is 1. The molecule has 53 heavy (non-hydrogen) atoms. The maximum atomic E-state index is 14.5. The Labute approximate surface area is 304 Å². The fraction of sp³-hybridized carbons (Fsp3) is 0.462. The van der Waals surface area contributed by atoms with Gasteiger partial charge in [0.25, 0.3) is 0 Å². The van der Waals surface area contributed by atoms with Crippen LogP contribution in [-0.2, 0) is 9.47 Å². The molecular formula is C39H45F10NO3. The molecule has 0 aromatic heterocycles. The number of terminal acetylenes is 1. The van der Waals surface area contributed by atoms with Crippen molar-refractivity contribution < 1.29 is 58.2 Å². The Hall–Kier alpha value is -4.25. The third kappa shape index (κ3) is 13.3. The van der Waals surface area contributed by atoms with Crippen molar-refractivity contribution in [3.63, 3.8) is 0 Å². The van der Waals surface area contributed by atoms with E-state index in [0.717, 1.165) is 32.7 Å². The van der Waals surface area contributed by atoms with Gasteiger partial charge >= 0.3 is 24.6 Å². The van der Waals surface area contributed by atoms with Crippen molar-refractivity contribution in [1.29, 1.82) is 0 Å². The van der Waals surface area contributed by atoms with Gasteiger partial charge in [0, 0.05) is 13.7 Å². The number of allylic oxidation sites excluding steroid dienone is 14. The van der Waals surface area contributed by atoms with Crippen molar-refractivity contribution in [1.82, 2.24) is 4.90 Å². The molecule has 14 heteroatoms. The first kappa shape index (κ1) is 46.8. The van der Waals surface area contributed by atoms with E-state index in [2.05, 4.69) is 19.4 Å². The summed E-state index contributed by atoms with van der Waals surface area (Å²) in [5.41, 5.74) is -1.43. The van der Waals surface area contributed by atoms with Gasteiger partial charge in [0.1, 0.15) is 18.0 Å². The number of ether oxygens (including phenoxy) is 2. The lowest BCUT2D eigenvalue weighted by molar-refractivity contribution is -0.0938. The van der Waals surface area contributed by atoms with Crippen LogP contribution in [0.3, 0.4) is 0 Å². The molecule has 2 fully saturated rings. The van der Waals surface area contributed by atoms with Crippen LogP contribution in [0.15, 0.2) is 106 Å². The number of hydrogen-bond donors (Lipinski definition) is 0. The summed E-state index contributed by atoms with van der Waals surface area (Å²) in [4.78, 5) is 12.8. The molecule has 4 rings (SSSR count). The van der Waals surface area contributed by atoms with Gasteiger partial charge in [-0.2, -0.15) is 39.5 Å². The number of nitrogens with zero attached hydrogens (tertiary/aromatic N) is 1. The quantitative estimate of drug-likeness (QED) is 0.154. The van der Waals surface area contributed by atoms with E-state index in [-0.39, 0.29) is 42.0 Å². The van der Waals surface area contributed by atoms with E-state index in [1.807, 2.05) is 25.7 Å². The summed E-state index contributed by atoms with van der Waals surface area (Å²) in [6.45, 7) is 12.0. The first-order chi connectivity index (χ1) is 24.6. The highest BCUT2D eigenvalue weighted by Crippen LogP contribution is 2.37. The third-order valence-electron chi connectivity index (χ3n) is 8.66. The zero-order valence-electron chi connectivity index (χ0n) is 30.4. The van der Waals surface area contributed by atoms with E-state index in [1.54, 1.807) is 18.2 Å². The molecule has 0 bridgehead atoms. The lowest BCUT2D eigenvalue weighted by Gasteiger charge is -2.18. The molecule has 2 heterocycles. The van der Waals surface area contributed by atoms with E-state index in [4.69, 9.17) is 9.47 Å². The van der Waals surface area contributed by atoms with Crippen LogP contribution in [-0.4, -0.2) is 61.4 Å². The number of carbonyl (C=O) groups is 1. The first-order valence-electron chi connectivity index (χ1n) is 16.5. The summed E-state index contributed by atoms with van der Waals surface area (Å²) in [5.74, 6) is -0.342. The minimum atomic E-state index is -4.83. The van der Waals surface area contributed by atoms with Gasteiger partial charge in [-0.05, 0) is 99.0 Å². The summed E-state index contributed by atoms with van der Waals surface area (Å²) >= 11 is 0. The van der Waals surface area contributed by atoms with Gasteiger partial charge in [-0.1, -0.05) is 50.8 Å². The van der Waals surface area contributed by atoms with Crippen molar-refractivity contribution in [2.45, 2.75) is 97.1 Å². The van der Waals surface area contributed by atoms with E-state index in [9.17, 15) is 48.7 Å². The molecular weight excluding hydrogens is 720 g/mol. The normalized spacial score (nSPS) is 22.8. The van der Waals surface area contributed by atoms with Crippen molar-refractivity contribution in [2.75, 3.05) is 13.7 Å². The summed E-state index contributed by atoms with van der Waals surface area (Å²) in [6, 6.07) is 0.382. The highest BCUT2D eigenvalue weighted by atomic mass is 19.4. The first-order valence-corrected chi connectivity index (χ1v) is 16.5. The SMILES string of the molecule is C#C.C=C/C(=C\C(=C/C)C(F)(F)F)C(F)(F)F.CCC(C)C1=C(F)C=CC(OC)C(C2=CCC=C(C(F)(F)F)C(C)=C2)=C1.C[C@H]1OC(=O)N2CCCC12. The van der Waals surface area contributed by atoms with Crippen molar-refractivity contribution in [3.05, 3.63) is 106 Å². The lowest BCUT2D eigenvalue weighted by atomic mass is 9.91. The van der Waals surface area contributed by atoms with E-state index >= 15 is 0 Å². The van der Waals surface area contributed by atoms with Gasteiger partial charge < -0.3 is 14.4 Å². The van der Waals surface area contributed by atoms with Gasteiger partial charge in [0.05, 0.1) is 22.8 Å². The summed E-state index contributed by atoms with van der Waals surface area (Å²) in [7, 11) is 1.50. The lowest BCUT2D eigenvalue weighted by Crippen LogP contribution is -2.29. The second kappa shape index (κ2) is 20.3. The highest BCUT2D eigenvalue weighted by molar-refractivity contribution is 5.71. The minimum Gasteiger partial charge on any atom is -0.444 e. The maximum absolute atomic E-state index is 14.5. The van der Waals surface area contributed by atoms with Crippen LogP contribution in [0, 0.1) is 18.8 Å². The van der Waals surface area contributed by atoms with Crippen LogP contribution in [0.4, 0.5) is 48.7 Å². The zero-order chi connectivity index (χ0) is 40.9. The second-order valence-corrected chi connectivity index (χ2v) is 12.1. The van der Waals surface area contributed by atoms with Gasteiger partial charge in [0.15, 0.2) is 0 Å². The van der Waals surface area contributed by atoms with Crippen LogP contribution in [0.25, 0.3) is 0 Å². The number of carbonyl (C=O) groups excluding carboxylic acids is 1. The molecule has 2 saturated heterocycles. The molecule has 3 unspecified atom stereocenters. The number of amides is 1. The zero-order valence-corrected chi connectivity index (χ0v) is 30.4.